The second kappa shape index (κ2) is 9.07. The number of carbonyl (C=O) groups excluding carboxylic acids is 1. The van der Waals surface area contributed by atoms with Crippen LogP contribution in [0.5, 0.6) is 0 Å². The van der Waals surface area contributed by atoms with E-state index in [2.05, 4.69) is 9.97 Å². The Kier molecular flexibility index (Phi) is 6.31. The summed E-state index contributed by atoms with van der Waals surface area (Å²) in [5, 5.41) is 21.2. The summed E-state index contributed by atoms with van der Waals surface area (Å²) in [5.41, 5.74) is 0.161. The molecule has 10 heteroatoms. The molecule has 0 spiro atoms. The molecule has 1 aliphatic rings. The lowest BCUT2D eigenvalue weighted by Gasteiger charge is -2.26. The predicted octanol–water partition coefficient (Wildman–Crippen LogP) is 2.30. The van der Waals surface area contributed by atoms with Gasteiger partial charge in [-0.15, -0.1) is 0 Å². The topological polar surface area (TPSA) is 122 Å². The highest BCUT2D eigenvalue weighted by Gasteiger charge is 2.21. The molecule has 142 valence electrons. The molecule has 0 N–H and O–H groups in total. The standard InChI is InChI=1S/C18H15N5O4S/c19-12-14(17(24)22-6-8-27-9-7-22)10-13-2-3-16(15(11-13)23(25)26)28-18-20-4-1-5-21-18/h1-5,10-11H,6-9H2/b14-10+. The van der Waals surface area contributed by atoms with Crippen molar-refractivity contribution in [3.63, 3.8) is 0 Å². The Hall–Kier alpha value is -3.29. The summed E-state index contributed by atoms with van der Waals surface area (Å²) in [6, 6.07) is 8.04. The van der Waals surface area contributed by atoms with Crippen molar-refractivity contribution in [1.29, 1.82) is 5.26 Å². The highest BCUT2D eigenvalue weighted by Crippen LogP contribution is 2.34. The number of carbonyl (C=O) groups is 1. The fraction of sp³-hybridized carbons (Fsp3) is 0.222. The van der Waals surface area contributed by atoms with Gasteiger partial charge in [0.05, 0.1) is 23.0 Å². The molecule has 0 unspecified atom stereocenters. The van der Waals surface area contributed by atoms with E-state index in [0.29, 0.717) is 41.9 Å². The molecule has 28 heavy (non-hydrogen) atoms. The van der Waals surface area contributed by atoms with Crippen molar-refractivity contribution < 1.29 is 14.5 Å². The van der Waals surface area contributed by atoms with Gasteiger partial charge < -0.3 is 9.64 Å². The Morgan fingerprint density at radius 3 is 2.68 bits per heavy atom. The summed E-state index contributed by atoms with van der Waals surface area (Å²) >= 11 is 1.07. The highest BCUT2D eigenvalue weighted by atomic mass is 32.2. The monoisotopic (exact) mass is 397 g/mol. The molecule has 2 aromatic rings. The van der Waals surface area contributed by atoms with E-state index >= 15 is 0 Å². The van der Waals surface area contributed by atoms with Crippen LogP contribution in [-0.4, -0.2) is 52.0 Å². The van der Waals surface area contributed by atoms with Gasteiger partial charge in [0.1, 0.15) is 11.6 Å². The number of nitriles is 1. The van der Waals surface area contributed by atoms with E-state index in [1.165, 1.54) is 17.0 Å². The van der Waals surface area contributed by atoms with Crippen LogP contribution in [0.1, 0.15) is 5.56 Å². The molecule has 3 rings (SSSR count). The number of hydrogen-bond acceptors (Lipinski definition) is 8. The van der Waals surface area contributed by atoms with Crippen LogP contribution in [0, 0.1) is 21.4 Å². The zero-order chi connectivity index (χ0) is 19.9. The van der Waals surface area contributed by atoms with E-state index in [0.717, 1.165) is 11.8 Å². The van der Waals surface area contributed by atoms with Gasteiger partial charge in [0.15, 0.2) is 5.16 Å². The van der Waals surface area contributed by atoms with Gasteiger partial charge in [-0.2, -0.15) is 5.26 Å². The van der Waals surface area contributed by atoms with Gasteiger partial charge in [-0.25, -0.2) is 9.97 Å². The van der Waals surface area contributed by atoms with Crippen LogP contribution in [0.15, 0.2) is 52.3 Å². The van der Waals surface area contributed by atoms with Crippen LogP contribution in [0.25, 0.3) is 6.08 Å². The average Bonchev–Trinajstić information content (AvgIpc) is 2.73. The Morgan fingerprint density at radius 1 is 1.32 bits per heavy atom. The van der Waals surface area contributed by atoms with Crippen LogP contribution >= 0.6 is 11.8 Å². The van der Waals surface area contributed by atoms with Gasteiger partial charge in [0, 0.05) is 31.5 Å². The average molecular weight is 397 g/mol. The maximum Gasteiger partial charge on any atom is 0.283 e. The van der Waals surface area contributed by atoms with Gasteiger partial charge in [-0.1, -0.05) is 6.07 Å². The molecule has 0 atom stereocenters. The third-order valence-corrected chi connectivity index (χ3v) is 4.84. The van der Waals surface area contributed by atoms with E-state index < -0.39 is 10.8 Å². The minimum absolute atomic E-state index is 0.0806. The third kappa shape index (κ3) is 4.70. The van der Waals surface area contributed by atoms with Gasteiger partial charge in [-0.3, -0.25) is 14.9 Å². The van der Waals surface area contributed by atoms with E-state index in [-0.39, 0.29) is 11.3 Å². The van der Waals surface area contributed by atoms with Crippen molar-refractivity contribution in [3.05, 3.63) is 57.9 Å². The number of ether oxygens (including phenoxy) is 1. The number of morpholine rings is 1. The molecule has 0 radical (unpaired) electrons. The summed E-state index contributed by atoms with van der Waals surface area (Å²) in [6.45, 7) is 1.65. The van der Waals surface area contributed by atoms with Crippen LogP contribution in [0.2, 0.25) is 0 Å². The number of nitrogens with zero attached hydrogens (tertiary/aromatic N) is 5. The molecule has 1 aliphatic heterocycles. The first kappa shape index (κ1) is 19.5. The van der Waals surface area contributed by atoms with Crippen molar-refractivity contribution in [3.8, 4) is 6.07 Å². The van der Waals surface area contributed by atoms with Gasteiger partial charge in [0.25, 0.3) is 11.6 Å². The summed E-state index contributed by atoms with van der Waals surface area (Å²) < 4.78 is 5.20. The van der Waals surface area contributed by atoms with Gasteiger partial charge in [0.2, 0.25) is 0 Å². The van der Waals surface area contributed by atoms with Crippen LogP contribution in [-0.2, 0) is 9.53 Å². The fourth-order valence-corrected chi connectivity index (χ4v) is 3.33. The number of nitro benzene ring substituents is 1. The van der Waals surface area contributed by atoms with Crippen molar-refractivity contribution in [2.24, 2.45) is 0 Å². The first-order chi connectivity index (χ1) is 13.6. The number of nitro groups is 1. The normalized spacial score (nSPS) is 14.4. The zero-order valence-electron chi connectivity index (χ0n) is 14.6. The van der Waals surface area contributed by atoms with Crippen molar-refractivity contribution in [2.45, 2.75) is 10.1 Å². The second-order valence-electron chi connectivity index (χ2n) is 5.69. The Bertz CT molecular complexity index is 952. The number of amides is 1. The lowest BCUT2D eigenvalue weighted by molar-refractivity contribution is -0.387. The van der Waals surface area contributed by atoms with E-state index in [1.807, 2.05) is 6.07 Å². The van der Waals surface area contributed by atoms with Crippen LogP contribution < -0.4 is 0 Å². The molecule has 0 aliphatic carbocycles. The number of rotatable bonds is 5. The largest absolute Gasteiger partial charge is 0.378 e. The second-order valence-corrected chi connectivity index (χ2v) is 6.70. The number of benzene rings is 1. The highest BCUT2D eigenvalue weighted by molar-refractivity contribution is 7.99. The molecule has 2 heterocycles. The summed E-state index contributed by atoms with van der Waals surface area (Å²) in [5.74, 6) is -0.412. The summed E-state index contributed by atoms with van der Waals surface area (Å²) in [6.07, 6.45) is 4.46. The van der Waals surface area contributed by atoms with Crippen LogP contribution in [0.3, 0.4) is 0 Å². The molecule has 1 aromatic heterocycles. The molecule has 0 bridgehead atoms. The van der Waals surface area contributed by atoms with E-state index in [9.17, 15) is 20.2 Å². The van der Waals surface area contributed by atoms with Gasteiger partial charge >= 0.3 is 0 Å². The van der Waals surface area contributed by atoms with E-state index in [1.54, 1.807) is 30.6 Å². The maximum absolute atomic E-state index is 12.5. The predicted molar refractivity (Wildman–Crippen MR) is 100 cm³/mol. The molecule has 1 amide bonds. The molecular weight excluding hydrogens is 382 g/mol. The van der Waals surface area contributed by atoms with Crippen LogP contribution in [0.4, 0.5) is 5.69 Å². The molecular formula is C18H15N5O4S. The minimum Gasteiger partial charge on any atom is -0.378 e. The lowest BCUT2D eigenvalue weighted by Crippen LogP contribution is -2.41. The number of hydrogen-bond donors (Lipinski definition) is 0. The molecule has 1 fully saturated rings. The van der Waals surface area contributed by atoms with Crippen molar-refractivity contribution in [2.75, 3.05) is 26.3 Å². The third-order valence-electron chi connectivity index (χ3n) is 3.88. The SMILES string of the molecule is N#C/C(=C\c1ccc(Sc2ncccn2)c([N+](=O)[O-])c1)C(=O)N1CCOCC1. The summed E-state index contributed by atoms with van der Waals surface area (Å²) in [4.78, 5) is 33.4. The van der Waals surface area contributed by atoms with E-state index in [4.69, 9.17) is 4.74 Å². The maximum atomic E-state index is 12.5. The quantitative estimate of drug-likeness (QED) is 0.248. The smallest absolute Gasteiger partial charge is 0.283 e. The van der Waals surface area contributed by atoms with Crippen molar-refractivity contribution >= 4 is 29.4 Å². The molecule has 9 nitrogen and oxygen atoms in total. The number of aromatic nitrogens is 2. The molecule has 1 aromatic carbocycles. The minimum atomic E-state index is -0.515. The molecule has 1 saturated heterocycles. The Balaban J connectivity index is 1.88. The first-order valence-electron chi connectivity index (χ1n) is 8.30. The zero-order valence-corrected chi connectivity index (χ0v) is 15.5. The first-order valence-corrected chi connectivity index (χ1v) is 9.12. The fourth-order valence-electron chi connectivity index (χ4n) is 2.53. The van der Waals surface area contributed by atoms with Crippen molar-refractivity contribution in [1.82, 2.24) is 14.9 Å². The van der Waals surface area contributed by atoms with Gasteiger partial charge in [-0.05, 0) is 35.5 Å². The lowest BCUT2D eigenvalue weighted by atomic mass is 10.1. The Labute approximate surface area is 164 Å². The molecule has 0 saturated carbocycles. The Morgan fingerprint density at radius 2 is 2.04 bits per heavy atom. The summed E-state index contributed by atoms with van der Waals surface area (Å²) in [7, 11) is 0.